The molecule has 0 radical (unpaired) electrons. The van der Waals surface area contributed by atoms with Crippen molar-refractivity contribution in [3.8, 4) is 11.5 Å². The van der Waals surface area contributed by atoms with Crippen LogP contribution < -0.4 is 14.8 Å². The molecule has 0 heterocycles. The molecule has 4 nitrogen and oxygen atoms in total. The molecule has 1 atom stereocenters. The van der Waals surface area contributed by atoms with Crippen LogP contribution in [0.15, 0.2) is 48.5 Å². The highest BCUT2D eigenvalue weighted by molar-refractivity contribution is 5.94. The Balaban J connectivity index is 2.02. The zero-order valence-electron chi connectivity index (χ0n) is 14.7. The van der Waals surface area contributed by atoms with Crippen molar-refractivity contribution in [2.24, 2.45) is 0 Å². The van der Waals surface area contributed by atoms with Crippen molar-refractivity contribution in [1.29, 1.82) is 0 Å². The first-order valence-corrected chi connectivity index (χ1v) is 8.25. The van der Waals surface area contributed by atoms with Gasteiger partial charge < -0.3 is 14.8 Å². The summed E-state index contributed by atoms with van der Waals surface area (Å²) in [5.41, 5.74) is 2.02. The van der Waals surface area contributed by atoms with Crippen LogP contribution in [0.2, 0.25) is 0 Å². The average molecular weight is 327 g/mol. The van der Waals surface area contributed by atoms with Gasteiger partial charge in [-0.15, -0.1) is 0 Å². The predicted molar refractivity (Wildman–Crippen MR) is 96.9 cm³/mol. The summed E-state index contributed by atoms with van der Waals surface area (Å²) in [6, 6.07) is 15.2. The van der Waals surface area contributed by atoms with Gasteiger partial charge in [-0.1, -0.05) is 39.0 Å². The summed E-state index contributed by atoms with van der Waals surface area (Å²) in [6.45, 7) is 6.21. The van der Waals surface area contributed by atoms with Crippen LogP contribution in [0.4, 0.5) is 5.69 Å². The lowest BCUT2D eigenvalue weighted by molar-refractivity contribution is -0.122. The maximum atomic E-state index is 12.5. The molecule has 0 bridgehead atoms. The summed E-state index contributed by atoms with van der Waals surface area (Å²) in [7, 11) is 1.60. The molecule has 0 spiro atoms. The van der Waals surface area contributed by atoms with E-state index in [1.54, 1.807) is 13.2 Å². The van der Waals surface area contributed by atoms with E-state index in [4.69, 9.17) is 9.47 Å². The summed E-state index contributed by atoms with van der Waals surface area (Å²) in [5.74, 6) is 1.63. The number of anilines is 1. The molecule has 0 saturated carbocycles. The molecule has 2 rings (SSSR count). The van der Waals surface area contributed by atoms with Crippen LogP contribution in [0.25, 0.3) is 0 Å². The number of benzene rings is 2. The molecule has 0 aliphatic rings. The van der Waals surface area contributed by atoms with Crippen LogP contribution in [-0.4, -0.2) is 19.1 Å². The quantitative estimate of drug-likeness (QED) is 0.807. The summed E-state index contributed by atoms with van der Waals surface area (Å²) in [6.07, 6.45) is 0.0227. The van der Waals surface area contributed by atoms with Crippen LogP contribution in [0.1, 0.15) is 38.7 Å². The average Bonchev–Trinajstić information content (AvgIpc) is 2.60. The van der Waals surface area contributed by atoms with Crippen molar-refractivity contribution in [2.45, 2.75) is 39.2 Å². The van der Waals surface area contributed by atoms with Crippen molar-refractivity contribution in [3.05, 3.63) is 54.1 Å². The highest BCUT2D eigenvalue weighted by Crippen LogP contribution is 2.22. The molecular weight excluding hydrogens is 302 g/mol. The highest BCUT2D eigenvalue weighted by Gasteiger charge is 2.18. The standard InChI is InChI=1S/C20H25NO3/c1-5-19(24-18-8-6-7-17(13-18)23-4)20(22)21-16-11-9-15(10-12-16)14(2)3/h6-14,19H,5H2,1-4H3,(H,21,22)/t19-/m0/s1. The third-order valence-electron chi connectivity index (χ3n) is 3.83. The number of carbonyl (C=O) groups excluding carboxylic acids is 1. The van der Waals surface area contributed by atoms with Crippen molar-refractivity contribution in [1.82, 2.24) is 0 Å². The Morgan fingerprint density at radius 3 is 2.33 bits per heavy atom. The molecule has 2 aromatic rings. The fourth-order valence-electron chi connectivity index (χ4n) is 2.34. The minimum atomic E-state index is -0.554. The van der Waals surface area contributed by atoms with Crippen LogP contribution >= 0.6 is 0 Å². The van der Waals surface area contributed by atoms with Gasteiger partial charge in [0, 0.05) is 11.8 Å². The lowest BCUT2D eigenvalue weighted by atomic mass is 10.0. The summed E-state index contributed by atoms with van der Waals surface area (Å²) >= 11 is 0. The SMILES string of the molecule is CC[C@H](Oc1cccc(OC)c1)C(=O)Nc1ccc(C(C)C)cc1. The molecule has 0 unspecified atom stereocenters. The maximum absolute atomic E-state index is 12.5. The molecular formula is C20H25NO3. The lowest BCUT2D eigenvalue weighted by Gasteiger charge is -2.18. The van der Waals surface area contributed by atoms with Crippen LogP contribution in [0, 0.1) is 0 Å². The van der Waals surface area contributed by atoms with E-state index in [1.807, 2.05) is 49.4 Å². The van der Waals surface area contributed by atoms with E-state index < -0.39 is 6.10 Å². The van der Waals surface area contributed by atoms with Gasteiger partial charge in [-0.25, -0.2) is 0 Å². The Labute approximate surface area is 143 Å². The van der Waals surface area contributed by atoms with Crippen molar-refractivity contribution >= 4 is 11.6 Å². The molecule has 0 aromatic heterocycles. The first-order valence-electron chi connectivity index (χ1n) is 8.25. The minimum absolute atomic E-state index is 0.155. The number of ether oxygens (including phenoxy) is 2. The Morgan fingerprint density at radius 2 is 1.75 bits per heavy atom. The number of methoxy groups -OCH3 is 1. The van der Waals surface area contributed by atoms with E-state index in [9.17, 15) is 4.79 Å². The monoisotopic (exact) mass is 327 g/mol. The van der Waals surface area contributed by atoms with E-state index in [1.165, 1.54) is 5.56 Å². The number of carbonyl (C=O) groups is 1. The van der Waals surface area contributed by atoms with Crippen LogP contribution in [0.5, 0.6) is 11.5 Å². The number of amides is 1. The summed E-state index contributed by atoms with van der Waals surface area (Å²) in [4.78, 5) is 12.5. The maximum Gasteiger partial charge on any atom is 0.265 e. The Hall–Kier alpha value is -2.49. The molecule has 0 fully saturated rings. The predicted octanol–water partition coefficient (Wildman–Crippen LogP) is 4.61. The number of nitrogens with one attached hydrogen (secondary N) is 1. The van der Waals surface area contributed by atoms with Gasteiger partial charge >= 0.3 is 0 Å². The van der Waals surface area contributed by atoms with E-state index in [2.05, 4.69) is 19.2 Å². The minimum Gasteiger partial charge on any atom is -0.497 e. The zero-order chi connectivity index (χ0) is 17.5. The Bertz CT molecular complexity index is 665. The van der Waals surface area contributed by atoms with Crippen LogP contribution in [0.3, 0.4) is 0 Å². The first-order chi connectivity index (χ1) is 11.5. The Kier molecular flexibility index (Phi) is 6.24. The second-order valence-electron chi connectivity index (χ2n) is 5.96. The second kappa shape index (κ2) is 8.39. The third kappa shape index (κ3) is 4.75. The molecule has 128 valence electrons. The number of hydrogen-bond donors (Lipinski definition) is 1. The van der Waals surface area contributed by atoms with Gasteiger partial charge in [-0.3, -0.25) is 4.79 Å². The van der Waals surface area contributed by atoms with E-state index in [-0.39, 0.29) is 5.91 Å². The van der Waals surface area contributed by atoms with Crippen LogP contribution in [-0.2, 0) is 4.79 Å². The first kappa shape index (κ1) is 17.9. The third-order valence-corrected chi connectivity index (χ3v) is 3.83. The lowest BCUT2D eigenvalue weighted by Crippen LogP contribution is -2.32. The molecule has 0 saturated heterocycles. The fourth-order valence-corrected chi connectivity index (χ4v) is 2.34. The molecule has 0 aliphatic carbocycles. The largest absolute Gasteiger partial charge is 0.497 e. The second-order valence-corrected chi connectivity index (χ2v) is 5.96. The van der Waals surface area contributed by atoms with Crippen molar-refractivity contribution < 1.29 is 14.3 Å². The molecule has 4 heteroatoms. The van der Waals surface area contributed by atoms with Gasteiger partial charge in [0.2, 0.25) is 0 Å². The van der Waals surface area contributed by atoms with E-state index >= 15 is 0 Å². The summed E-state index contributed by atoms with van der Waals surface area (Å²) < 4.78 is 11.0. The fraction of sp³-hybridized carbons (Fsp3) is 0.350. The Morgan fingerprint density at radius 1 is 1.08 bits per heavy atom. The summed E-state index contributed by atoms with van der Waals surface area (Å²) in [5, 5.41) is 2.91. The molecule has 2 aromatic carbocycles. The molecule has 1 N–H and O–H groups in total. The van der Waals surface area contributed by atoms with Crippen molar-refractivity contribution in [2.75, 3.05) is 12.4 Å². The van der Waals surface area contributed by atoms with Gasteiger partial charge in [0.1, 0.15) is 11.5 Å². The van der Waals surface area contributed by atoms with Gasteiger partial charge in [0.05, 0.1) is 7.11 Å². The van der Waals surface area contributed by atoms with Crippen molar-refractivity contribution in [3.63, 3.8) is 0 Å². The smallest absolute Gasteiger partial charge is 0.265 e. The number of rotatable bonds is 7. The molecule has 0 aliphatic heterocycles. The normalized spacial score (nSPS) is 11.9. The van der Waals surface area contributed by atoms with E-state index in [0.717, 1.165) is 5.69 Å². The van der Waals surface area contributed by atoms with Gasteiger partial charge in [0.25, 0.3) is 5.91 Å². The molecule has 1 amide bonds. The van der Waals surface area contributed by atoms with Gasteiger partial charge in [-0.05, 0) is 42.2 Å². The van der Waals surface area contributed by atoms with E-state index in [0.29, 0.717) is 23.8 Å². The highest BCUT2D eigenvalue weighted by atomic mass is 16.5. The number of hydrogen-bond acceptors (Lipinski definition) is 3. The zero-order valence-corrected chi connectivity index (χ0v) is 14.7. The van der Waals surface area contributed by atoms with Gasteiger partial charge in [-0.2, -0.15) is 0 Å². The topological polar surface area (TPSA) is 47.6 Å². The van der Waals surface area contributed by atoms with Gasteiger partial charge in [0.15, 0.2) is 6.10 Å². The molecule has 24 heavy (non-hydrogen) atoms.